The Bertz CT molecular complexity index is 412. The van der Waals surface area contributed by atoms with E-state index in [2.05, 4.69) is 15.9 Å². The molecule has 2 N–H and O–H groups in total. The fourth-order valence-corrected chi connectivity index (χ4v) is 1.85. The number of ether oxygens (including phenoxy) is 1. The highest BCUT2D eigenvalue weighted by Crippen LogP contribution is 2.17. The SMILES string of the molecule is CCOC(=O)CCC(N)Cc1ccc(Br)c(F)c1. The van der Waals surface area contributed by atoms with Crippen LogP contribution in [0.5, 0.6) is 0 Å². The van der Waals surface area contributed by atoms with E-state index in [1.165, 1.54) is 6.07 Å². The van der Waals surface area contributed by atoms with Gasteiger partial charge in [-0.1, -0.05) is 6.07 Å². The molecule has 0 radical (unpaired) electrons. The van der Waals surface area contributed by atoms with Crippen molar-refractivity contribution in [3.8, 4) is 0 Å². The van der Waals surface area contributed by atoms with Gasteiger partial charge in [-0.05, 0) is 53.4 Å². The maximum atomic E-state index is 13.3. The summed E-state index contributed by atoms with van der Waals surface area (Å²) in [5.41, 5.74) is 6.72. The third kappa shape index (κ3) is 5.14. The molecule has 0 bridgehead atoms. The molecule has 0 saturated heterocycles. The Morgan fingerprint density at radius 2 is 2.28 bits per heavy atom. The Morgan fingerprint density at radius 3 is 2.89 bits per heavy atom. The number of esters is 1. The van der Waals surface area contributed by atoms with E-state index in [1.807, 2.05) is 6.07 Å². The molecule has 0 heterocycles. The highest BCUT2D eigenvalue weighted by molar-refractivity contribution is 9.10. The van der Waals surface area contributed by atoms with E-state index in [0.717, 1.165) is 5.56 Å². The van der Waals surface area contributed by atoms with Crippen LogP contribution in [0.1, 0.15) is 25.3 Å². The minimum atomic E-state index is -0.301. The molecule has 0 aliphatic carbocycles. The Labute approximate surface area is 115 Å². The molecule has 0 amide bonds. The summed E-state index contributed by atoms with van der Waals surface area (Å²) >= 11 is 3.10. The van der Waals surface area contributed by atoms with Gasteiger partial charge in [0.05, 0.1) is 11.1 Å². The summed E-state index contributed by atoms with van der Waals surface area (Å²) in [5.74, 6) is -0.542. The monoisotopic (exact) mass is 317 g/mol. The number of rotatable bonds is 6. The number of benzene rings is 1. The minimum absolute atomic E-state index is 0.171. The average molecular weight is 318 g/mol. The zero-order valence-electron chi connectivity index (χ0n) is 10.3. The molecule has 0 spiro atoms. The summed E-state index contributed by atoms with van der Waals surface area (Å²) in [7, 11) is 0. The summed E-state index contributed by atoms with van der Waals surface area (Å²) in [6, 6.07) is 4.75. The van der Waals surface area contributed by atoms with Crippen LogP contribution in [-0.2, 0) is 16.0 Å². The van der Waals surface area contributed by atoms with Crippen molar-refractivity contribution in [1.29, 1.82) is 0 Å². The molecule has 0 saturated carbocycles. The fraction of sp³-hybridized carbons (Fsp3) is 0.462. The molecule has 0 aliphatic rings. The van der Waals surface area contributed by atoms with Gasteiger partial charge < -0.3 is 10.5 Å². The molecule has 100 valence electrons. The van der Waals surface area contributed by atoms with Gasteiger partial charge in [0.15, 0.2) is 0 Å². The molecule has 1 rings (SSSR count). The Kier molecular flexibility index (Phi) is 6.29. The van der Waals surface area contributed by atoms with Crippen LogP contribution < -0.4 is 5.73 Å². The molecule has 18 heavy (non-hydrogen) atoms. The van der Waals surface area contributed by atoms with E-state index >= 15 is 0 Å². The van der Waals surface area contributed by atoms with Gasteiger partial charge in [0, 0.05) is 12.5 Å². The van der Waals surface area contributed by atoms with Gasteiger partial charge in [-0.25, -0.2) is 4.39 Å². The lowest BCUT2D eigenvalue weighted by molar-refractivity contribution is -0.143. The maximum Gasteiger partial charge on any atom is 0.305 e. The van der Waals surface area contributed by atoms with Crippen LogP contribution in [0.2, 0.25) is 0 Å². The van der Waals surface area contributed by atoms with Crippen LogP contribution in [0.3, 0.4) is 0 Å². The first-order valence-corrected chi connectivity index (χ1v) is 6.67. The molecular formula is C13H17BrFNO2. The Morgan fingerprint density at radius 1 is 1.56 bits per heavy atom. The fourth-order valence-electron chi connectivity index (χ4n) is 1.61. The molecule has 1 unspecified atom stereocenters. The van der Waals surface area contributed by atoms with Crippen LogP contribution in [0.15, 0.2) is 22.7 Å². The smallest absolute Gasteiger partial charge is 0.305 e. The van der Waals surface area contributed by atoms with Crippen molar-refractivity contribution in [3.05, 3.63) is 34.1 Å². The first-order chi connectivity index (χ1) is 8.52. The van der Waals surface area contributed by atoms with Crippen LogP contribution in [0, 0.1) is 5.82 Å². The molecule has 1 atom stereocenters. The lowest BCUT2D eigenvalue weighted by Crippen LogP contribution is -2.24. The number of carbonyl (C=O) groups excluding carboxylic acids is 1. The predicted molar refractivity (Wildman–Crippen MR) is 71.6 cm³/mol. The zero-order chi connectivity index (χ0) is 13.5. The van der Waals surface area contributed by atoms with Gasteiger partial charge in [0.2, 0.25) is 0 Å². The summed E-state index contributed by atoms with van der Waals surface area (Å²) in [5, 5.41) is 0. The number of nitrogens with two attached hydrogens (primary N) is 1. The summed E-state index contributed by atoms with van der Waals surface area (Å²) in [6.45, 7) is 2.15. The Hall–Kier alpha value is -0.940. The first kappa shape index (κ1) is 15.1. The largest absolute Gasteiger partial charge is 0.466 e. The van der Waals surface area contributed by atoms with Gasteiger partial charge in [0.25, 0.3) is 0 Å². The summed E-state index contributed by atoms with van der Waals surface area (Å²) in [4.78, 5) is 11.2. The standard InChI is InChI=1S/C13H17BrFNO2/c1-2-18-13(17)6-4-10(16)7-9-3-5-11(14)12(15)8-9/h3,5,8,10H,2,4,6-7,16H2,1H3. The van der Waals surface area contributed by atoms with Crippen LogP contribution in [-0.4, -0.2) is 18.6 Å². The number of halogens is 2. The minimum Gasteiger partial charge on any atom is -0.466 e. The summed E-state index contributed by atoms with van der Waals surface area (Å²) < 4.78 is 18.5. The highest BCUT2D eigenvalue weighted by Gasteiger charge is 2.09. The van der Waals surface area contributed by atoms with Crippen molar-refractivity contribution in [1.82, 2.24) is 0 Å². The number of hydrogen-bond acceptors (Lipinski definition) is 3. The molecular weight excluding hydrogens is 301 g/mol. The van der Waals surface area contributed by atoms with Crippen LogP contribution in [0.4, 0.5) is 4.39 Å². The van der Waals surface area contributed by atoms with Crippen molar-refractivity contribution in [2.45, 2.75) is 32.2 Å². The molecule has 0 fully saturated rings. The maximum absolute atomic E-state index is 13.3. The number of carbonyl (C=O) groups is 1. The van der Waals surface area contributed by atoms with Gasteiger partial charge >= 0.3 is 5.97 Å². The van der Waals surface area contributed by atoms with Crippen molar-refractivity contribution in [3.63, 3.8) is 0 Å². The van der Waals surface area contributed by atoms with E-state index in [4.69, 9.17) is 10.5 Å². The van der Waals surface area contributed by atoms with Crippen molar-refractivity contribution < 1.29 is 13.9 Å². The second kappa shape index (κ2) is 7.48. The van der Waals surface area contributed by atoms with E-state index < -0.39 is 0 Å². The number of hydrogen-bond donors (Lipinski definition) is 1. The van der Waals surface area contributed by atoms with Gasteiger partial charge in [-0.2, -0.15) is 0 Å². The van der Waals surface area contributed by atoms with Gasteiger partial charge in [-0.3, -0.25) is 4.79 Å². The lowest BCUT2D eigenvalue weighted by atomic mass is 10.0. The topological polar surface area (TPSA) is 52.3 Å². The van der Waals surface area contributed by atoms with Crippen LogP contribution >= 0.6 is 15.9 Å². The van der Waals surface area contributed by atoms with Crippen molar-refractivity contribution >= 4 is 21.9 Å². The van der Waals surface area contributed by atoms with E-state index in [0.29, 0.717) is 30.3 Å². The third-order valence-corrected chi connectivity index (χ3v) is 3.15. The van der Waals surface area contributed by atoms with Gasteiger partial charge in [-0.15, -0.1) is 0 Å². The van der Waals surface area contributed by atoms with Gasteiger partial charge in [0.1, 0.15) is 5.82 Å². The predicted octanol–water partition coefficient (Wildman–Crippen LogP) is 2.80. The molecule has 1 aromatic rings. The molecule has 0 aromatic heterocycles. The van der Waals surface area contributed by atoms with E-state index in [1.54, 1.807) is 13.0 Å². The third-order valence-electron chi connectivity index (χ3n) is 2.51. The van der Waals surface area contributed by atoms with Crippen molar-refractivity contribution in [2.75, 3.05) is 6.61 Å². The molecule has 5 heteroatoms. The highest BCUT2D eigenvalue weighted by atomic mass is 79.9. The Balaban J connectivity index is 2.42. The molecule has 1 aromatic carbocycles. The van der Waals surface area contributed by atoms with Crippen LogP contribution in [0.25, 0.3) is 0 Å². The van der Waals surface area contributed by atoms with E-state index in [9.17, 15) is 9.18 Å². The lowest BCUT2D eigenvalue weighted by Gasteiger charge is -2.11. The second-order valence-electron chi connectivity index (χ2n) is 4.06. The molecule has 0 aliphatic heterocycles. The summed E-state index contributed by atoms with van der Waals surface area (Å²) in [6.07, 6.45) is 1.38. The zero-order valence-corrected chi connectivity index (χ0v) is 11.9. The first-order valence-electron chi connectivity index (χ1n) is 5.88. The molecule has 3 nitrogen and oxygen atoms in total. The van der Waals surface area contributed by atoms with Crippen molar-refractivity contribution in [2.24, 2.45) is 5.73 Å². The quantitative estimate of drug-likeness (QED) is 0.821. The normalized spacial score (nSPS) is 12.2. The van der Waals surface area contributed by atoms with E-state index in [-0.39, 0.29) is 17.8 Å². The average Bonchev–Trinajstić information content (AvgIpc) is 2.32. The second-order valence-corrected chi connectivity index (χ2v) is 4.91.